The van der Waals surface area contributed by atoms with Gasteiger partial charge in [-0.3, -0.25) is 4.79 Å². The third-order valence-electron chi connectivity index (χ3n) is 5.87. The smallest absolute Gasteiger partial charge is 0.254 e. The molecule has 1 amide bonds. The van der Waals surface area contributed by atoms with E-state index in [1.54, 1.807) is 52.0 Å². The number of benzene rings is 3. The number of hydrogen-bond donors (Lipinski definition) is 0. The molecule has 0 aliphatic heterocycles. The largest absolute Gasteiger partial charge is 0.438 e. The van der Waals surface area contributed by atoms with Crippen LogP contribution in [0.3, 0.4) is 0 Å². The Labute approximate surface area is 206 Å². The second kappa shape index (κ2) is 9.50. The van der Waals surface area contributed by atoms with E-state index in [-0.39, 0.29) is 24.1 Å². The second-order valence-corrected chi connectivity index (χ2v) is 8.93. The van der Waals surface area contributed by atoms with E-state index in [0.717, 1.165) is 12.8 Å². The van der Waals surface area contributed by atoms with Gasteiger partial charge in [0.05, 0.1) is 23.5 Å². The maximum atomic E-state index is 13.9. The number of hydrogen-bond acceptors (Lipinski definition) is 3. The summed E-state index contributed by atoms with van der Waals surface area (Å²) in [6.07, 6.45) is 1.73. The van der Waals surface area contributed by atoms with E-state index < -0.39 is 11.6 Å². The molecule has 1 aromatic heterocycles. The van der Waals surface area contributed by atoms with E-state index in [0.29, 0.717) is 33.6 Å². The number of rotatable bonds is 7. The zero-order chi connectivity index (χ0) is 24.5. The molecule has 35 heavy (non-hydrogen) atoms. The van der Waals surface area contributed by atoms with Crippen LogP contribution < -0.4 is 4.74 Å². The predicted molar refractivity (Wildman–Crippen MR) is 129 cm³/mol. The molecule has 0 atom stereocenters. The van der Waals surface area contributed by atoms with Gasteiger partial charge in [-0.25, -0.2) is 13.5 Å². The summed E-state index contributed by atoms with van der Waals surface area (Å²) >= 11 is 6.06. The van der Waals surface area contributed by atoms with Gasteiger partial charge in [0.15, 0.2) is 0 Å². The summed E-state index contributed by atoms with van der Waals surface area (Å²) in [5.74, 6) is -0.487. The molecule has 0 bridgehead atoms. The minimum absolute atomic E-state index is 0.0473. The molecule has 0 spiro atoms. The highest BCUT2D eigenvalue weighted by Crippen LogP contribution is 2.36. The summed E-state index contributed by atoms with van der Waals surface area (Å²) in [4.78, 5) is 15.1. The highest BCUT2D eigenvalue weighted by molar-refractivity contribution is 6.30. The maximum absolute atomic E-state index is 13.9. The van der Waals surface area contributed by atoms with Crippen molar-refractivity contribution in [1.82, 2.24) is 14.7 Å². The fourth-order valence-electron chi connectivity index (χ4n) is 3.94. The first-order valence-electron chi connectivity index (χ1n) is 11.2. The van der Waals surface area contributed by atoms with Gasteiger partial charge in [0.2, 0.25) is 5.88 Å². The van der Waals surface area contributed by atoms with E-state index in [1.165, 1.54) is 30.3 Å². The number of halogens is 3. The van der Waals surface area contributed by atoms with Crippen LogP contribution in [-0.4, -0.2) is 26.6 Å². The molecule has 0 N–H and O–H groups in total. The van der Waals surface area contributed by atoms with Crippen LogP contribution in [0.4, 0.5) is 8.78 Å². The SMILES string of the molecule is Cc1nn(-c2ccc(Cl)cc2)c(Oc2cccc(F)c2)c1CN(C(=O)c1cccc(F)c1)C1CC1. The monoisotopic (exact) mass is 493 g/mol. The first kappa shape index (κ1) is 23.1. The van der Waals surface area contributed by atoms with Crippen LogP contribution in [0.15, 0.2) is 72.8 Å². The Morgan fingerprint density at radius 1 is 1.06 bits per heavy atom. The van der Waals surface area contributed by atoms with Gasteiger partial charge in [-0.15, -0.1) is 0 Å². The van der Waals surface area contributed by atoms with Crippen molar-refractivity contribution >= 4 is 17.5 Å². The van der Waals surface area contributed by atoms with E-state index in [9.17, 15) is 13.6 Å². The molecule has 1 heterocycles. The van der Waals surface area contributed by atoms with Crippen molar-refractivity contribution < 1.29 is 18.3 Å². The summed E-state index contributed by atoms with van der Waals surface area (Å²) in [5, 5.41) is 5.24. The number of carbonyl (C=O) groups excluding carboxylic acids is 1. The van der Waals surface area contributed by atoms with Gasteiger partial charge in [0.25, 0.3) is 5.91 Å². The lowest BCUT2D eigenvalue weighted by Gasteiger charge is -2.23. The van der Waals surface area contributed by atoms with Crippen LogP contribution in [0.5, 0.6) is 11.6 Å². The average Bonchev–Trinajstić information content (AvgIpc) is 3.63. The van der Waals surface area contributed by atoms with Crippen LogP contribution in [0.2, 0.25) is 5.02 Å². The van der Waals surface area contributed by atoms with Crippen molar-refractivity contribution in [3.63, 3.8) is 0 Å². The van der Waals surface area contributed by atoms with Crippen LogP contribution >= 0.6 is 11.6 Å². The molecule has 0 saturated heterocycles. The van der Waals surface area contributed by atoms with Crippen LogP contribution in [0.25, 0.3) is 5.69 Å². The molecule has 1 aliphatic carbocycles. The third kappa shape index (κ3) is 5.05. The molecule has 5 nitrogen and oxygen atoms in total. The van der Waals surface area contributed by atoms with Gasteiger partial charge in [0.1, 0.15) is 17.4 Å². The lowest BCUT2D eigenvalue weighted by molar-refractivity contribution is 0.0728. The molecule has 1 aliphatic rings. The van der Waals surface area contributed by atoms with Gasteiger partial charge in [0, 0.05) is 22.7 Å². The molecule has 0 unspecified atom stereocenters. The van der Waals surface area contributed by atoms with Crippen molar-refractivity contribution in [3.05, 3.63) is 106 Å². The number of carbonyl (C=O) groups is 1. The molecule has 4 aromatic rings. The van der Waals surface area contributed by atoms with Crippen LogP contribution in [0, 0.1) is 18.6 Å². The molecule has 1 fully saturated rings. The zero-order valence-corrected chi connectivity index (χ0v) is 19.7. The van der Waals surface area contributed by atoms with Gasteiger partial charge >= 0.3 is 0 Å². The van der Waals surface area contributed by atoms with Gasteiger partial charge in [-0.05, 0) is 74.4 Å². The number of nitrogens with zero attached hydrogens (tertiary/aromatic N) is 3. The van der Waals surface area contributed by atoms with Crippen molar-refractivity contribution in [3.8, 4) is 17.3 Å². The van der Waals surface area contributed by atoms with E-state index in [2.05, 4.69) is 5.10 Å². The number of aromatic nitrogens is 2. The number of amides is 1. The summed E-state index contributed by atoms with van der Waals surface area (Å²) in [7, 11) is 0. The summed E-state index contributed by atoms with van der Waals surface area (Å²) in [6, 6.07) is 18.6. The standard InChI is InChI=1S/C27H22ClF2N3O2/c1-17-25(16-32(22-12-13-22)26(34)18-4-2-5-20(29)14-18)27(35-24-7-3-6-21(30)15-24)33(31-17)23-10-8-19(28)9-11-23/h2-11,14-15,22H,12-13,16H2,1H3. The molecule has 1 saturated carbocycles. The van der Waals surface area contributed by atoms with Crippen molar-refractivity contribution in [2.75, 3.05) is 0 Å². The molecule has 5 rings (SSSR count). The van der Waals surface area contributed by atoms with Crippen LogP contribution in [-0.2, 0) is 6.54 Å². The maximum Gasteiger partial charge on any atom is 0.254 e. The summed E-state index contributed by atoms with van der Waals surface area (Å²) in [5.41, 5.74) is 2.32. The van der Waals surface area contributed by atoms with Crippen molar-refractivity contribution in [1.29, 1.82) is 0 Å². The normalized spacial score (nSPS) is 13.0. The molecule has 8 heteroatoms. The lowest BCUT2D eigenvalue weighted by Crippen LogP contribution is -2.33. The predicted octanol–water partition coefficient (Wildman–Crippen LogP) is 6.71. The Morgan fingerprint density at radius 3 is 2.40 bits per heavy atom. The number of ether oxygens (including phenoxy) is 1. The van der Waals surface area contributed by atoms with Crippen molar-refractivity contribution in [2.45, 2.75) is 32.4 Å². The topological polar surface area (TPSA) is 47.4 Å². The molecular formula is C27H22ClF2N3O2. The molecule has 0 radical (unpaired) electrons. The Hall–Kier alpha value is -3.71. The Morgan fingerprint density at radius 2 is 1.74 bits per heavy atom. The minimum atomic E-state index is -0.464. The Kier molecular flexibility index (Phi) is 6.26. The first-order chi connectivity index (χ1) is 16.9. The van der Waals surface area contributed by atoms with E-state index in [1.807, 2.05) is 6.92 Å². The second-order valence-electron chi connectivity index (χ2n) is 8.49. The number of aryl methyl sites for hydroxylation is 1. The zero-order valence-electron chi connectivity index (χ0n) is 18.9. The summed E-state index contributed by atoms with van der Waals surface area (Å²) < 4.78 is 35.5. The Balaban J connectivity index is 1.56. The van der Waals surface area contributed by atoms with Crippen LogP contribution in [0.1, 0.15) is 34.5 Å². The lowest BCUT2D eigenvalue weighted by atomic mass is 10.1. The quantitative estimate of drug-likeness (QED) is 0.287. The summed E-state index contributed by atoms with van der Waals surface area (Å²) in [6.45, 7) is 2.04. The fourth-order valence-corrected chi connectivity index (χ4v) is 4.06. The third-order valence-corrected chi connectivity index (χ3v) is 6.12. The molecule has 3 aromatic carbocycles. The minimum Gasteiger partial charge on any atom is -0.438 e. The van der Waals surface area contributed by atoms with Gasteiger partial charge < -0.3 is 9.64 Å². The first-order valence-corrected chi connectivity index (χ1v) is 11.6. The van der Waals surface area contributed by atoms with Crippen molar-refractivity contribution in [2.24, 2.45) is 0 Å². The van der Waals surface area contributed by atoms with E-state index in [4.69, 9.17) is 16.3 Å². The Bertz CT molecular complexity index is 1380. The molecular weight excluding hydrogens is 472 g/mol. The van der Waals surface area contributed by atoms with E-state index >= 15 is 0 Å². The van der Waals surface area contributed by atoms with Gasteiger partial charge in [-0.2, -0.15) is 5.10 Å². The highest BCUT2D eigenvalue weighted by atomic mass is 35.5. The fraction of sp³-hybridized carbons (Fsp3) is 0.185. The molecule has 178 valence electrons. The highest BCUT2D eigenvalue weighted by Gasteiger charge is 2.35. The van der Waals surface area contributed by atoms with Gasteiger partial charge in [-0.1, -0.05) is 23.7 Å². The average molecular weight is 494 g/mol.